The van der Waals surface area contributed by atoms with E-state index < -0.39 is 5.82 Å². The summed E-state index contributed by atoms with van der Waals surface area (Å²) in [4.78, 5) is 27.2. The molecule has 1 aliphatic heterocycles. The van der Waals surface area contributed by atoms with E-state index in [0.29, 0.717) is 26.2 Å². The van der Waals surface area contributed by atoms with Crippen molar-refractivity contribution in [2.45, 2.75) is 0 Å². The second-order valence-corrected chi connectivity index (χ2v) is 4.81. The number of para-hydroxylation sites is 1. The van der Waals surface area contributed by atoms with Crippen molar-refractivity contribution >= 4 is 17.5 Å². The Hall–Kier alpha value is -2.15. The summed E-state index contributed by atoms with van der Waals surface area (Å²) in [6.07, 6.45) is 0. The first-order valence-electron chi connectivity index (χ1n) is 6.64. The first-order valence-corrected chi connectivity index (χ1v) is 6.64. The highest BCUT2D eigenvalue weighted by atomic mass is 19.1. The van der Waals surface area contributed by atoms with Crippen molar-refractivity contribution in [1.29, 1.82) is 0 Å². The number of benzene rings is 1. The summed E-state index contributed by atoms with van der Waals surface area (Å²) in [7, 11) is 1.46. The van der Waals surface area contributed by atoms with Gasteiger partial charge in [0.1, 0.15) is 12.4 Å². The summed E-state index contributed by atoms with van der Waals surface area (Å²) >= 11 is 0. The molecule has 0 aliphatic carbocycles. The second kappa shape index (κ2) is 6.53. The van der Waals surface area contributed by atoms with Crippen LogP contribution in [-0.4, -0.2) is 61.5 Å². The molecule has 114 valence electrons. The Morgan fingerprint density at radius 2 is 1.86 bits per heavy atom. The van der Waals surface area contributed by atoms with Crippen LogP contribution in [0.4, 0.5) is 10.1 Å². The van der Waals surface area contributed by atoms with E-state index in [9.17, 15) is 14.0 Å². The van der Waals surface area contributed by atoms with Gasteiger partial charge in [0.05, 0.1) is 11.3 Å². The van der Waals surface area contributed by atoms with Gasteiger partial charge in [-0.1, -0.05) is 6.07 Å². The molecule has 1 fully saturated rings. The van der Waals surface area contributed by atoms with Gasteiger partial charge < -0.3 is 20.3 Å². The van der Waals surface area contributed by atoms with Crippen molar-refractivity contribution in [2.24, 2.45) is 0 Å². The Kier molecular flexibility index (Phi) is 4.74. The average molecular weight is 295 g/mol. The molecule has 1 aromatic rings. The monoisotopic (exact) mass is 295 g/mol. The quantitative estimate of drug-likeness (QED) is 0.816. The fraction of sp³-hybridized carbons (Fsp3) is 0.429. The highest BCUT2D eigenvalue weighted by molar-refractivity contribution is 5.99. The number of methoxy groups -OCH3 is 1. The lowest BCUT2D eigenvalue weighted by molar-refractivity contribution is -0.136. The highest BCUT2D eigenvalue weighted by Gasteiger charge is 2.26. The van der Waals surface area contributed by atoms with Gasteiger partial charge in [-0.25, -0.2) is 4.39 Å². The number of anilines is 1. The molecule has 2 rings (SSSR count). The molecule has 0 unspecified atom stereocenters. The summed E-state index contributed by atoms with van der Waals surface area (Å²) in [5.74, 6) is -1.02. The van der Waals surface area contributed by atoms with Crippen LogP contribution < -0.4 is 5.73 Å². The fourth-order valence-electron chi connectivity index (χ4n) is 2.27. The predicted octanol–water partition coefficient (Wildman–Crippen LogP) is 0.339. The molecule has 1 aromatic carbocycles. The maximum Gasteiger partial charge on any atom is 0.256 e. The largest absolute Gasteiger partial charge is 0.396 e. The minimum Gasteiger partial charge on any atom is -0.396 e. The van der Waals surface area contributed by atoms with E-state index in [1.54, 1.807) is 9.80 Å². The number of ether oxygens (including phenoxy) is 1. The fourth-order valence-corrected chi connectivity index (χ4v) is 2.27. The van der Waals surface area contributed by atoms with Crippen LogP contribution in [0.1, 0.15) is 10.4 Å². The van der Waals surface area contributed by atoms with Crippen LogP contribution >= 0.6 is 0 Å². The lowest BCUT2D eigenvalue weighted by atomic mass is 10.1. The van der Waals surface area contributed by atoms with E-state index in [0.717, 1.165) is 0 Å². The highest BCUT2D eigenvalue weighted by Crippen LogP contribution is 2.18. The molecule has 7 heteroatoms. The Balaban J connectivity index is 2.00. The molecule has 6 nitrogen and oxygen atoms in total. The lowest BCUT2D eigenvalue weighted by Gasteiger charge is -2.34. The van der Waals surface area contributed by atoms with E-state index in [4.69, 9.17) is 10.5 Å². The molecule has 0 radical (unpaired) electrons. The summed E-state index contributed by atoms with van der Waals surface area (Å²) in [6, 6.07) is 4.17. The van der Waals surface area contributed by atoms with Gasteiger partial charge in [-0.3, -0.25) is 9.59 Å². The zero-order valence-corrected chi connectivity index (χ0v) is 11.8. The van der Waals surface area contributed by atoms with Crippen LogP contribution in [0.2, 0.25) is 0 Å². The molecule has 0 saturated carbocycles. The summed E-state index contributed by atoms with van der Waals surface area (Å²) in [5, 5.41) is 0. The molecule has 1 saturated heterocycles. The number of nitrogens with two attached hydrogens (primary N) is 1. The Morgan fingerprint density at radius 3 is 2.48 bits per heavy atom. The summed E-state index contributed by atoms with van der Waals surface area (Å²) in [6.45, 7) is 1.69. The number of amides is 2. The van der Waals surface area contributed by atoms with Gasteiger partial charge in [0, 0.05) is 33.3 Å². The van der Waals surface area contributed by atoms with Gasteiger partial charge >= 0.3 is 0 Å². The molecule has 0 bridgehead atoms. The Labute approximate surface area is 122 Å². The molecular weight excluding hydrogens is 277 g/mol. The molecule has 0 spiro atoms. The van der Waals surface area contributed by atoms with Gasteiger partial charge in [0.25, 0.3) is 5.91 Å². The van der Waals surface area contributed by atoms with Crippen molar-refractivity contribution in [1.82, 2.24) is 9.80 Å². The average Bonchev–Trinajstić information content (AvgIpc) is 2.50. The number of nitrogens with zero attached hydrogens (tertiary/aromatic N) is 2. The first-order chi connectivity index (χ1) is 10.0. The van der Waals surface area contributed by atoms with Gasteiger partial charge in [0.15, 0.2) is 0 Å². The van der Waals surface area contributed by atoms with Crippen LogP contribution in [0.25, 0.3) is 0 Å². The molecule has 0 aromatic heterocycles. The smallest absolute Gasteiger partial charge is 0.256 e. The number of halogens is 1. The molecule has 1 aliphatic rings. The third-order valence-corrected chi connectivity index (χ3v) is 3.47. The maximum absolute atomic E-state index is 13.4. The molecule has 21 heavy (non-hydrogen) atoms. The third kappa shape index (κ3) is 3.30. The molecular formula is C14H18FN3O3. The van der Waals surface area contributed by atoms with Crippen molar-refractivity contribution < 1.29 is 18.7 Å². The number of rotatable bonds is 3. The Morgan fingerprint density at radius 1 is 1.24 bits per heavy atom. The standard InChI is InChI=1S/C14H18FN3O3/c1-21-9-12(19)17-5-7-18(8-6-17)14(20)10-3-2-4-11(15)13(10)16/h2-4H,5-9,16H2,1H3. The molecule has 0 atom stereocenters. The topological polar surface area (TPSA) is 75.9 Å². The van der Waals surface area contributed by atoms with Crippen LogP contribution in [0.3, 0.4) is 0 Å². The Bertz CT molecular complexity index is 542. The maximum atomic E-state index is 13.4. The van der Waals surface area contributed by atoms with E-state index in [1.165, 1.54) is 25.3 Å². The van der Waals surface area contributed by atoms with Gasteiger partial charge in [-0.2, -0.15) is 0 Å². The zero-order valence-electron chi connectivity index (χ0n) is 11.8. The molecule has 1 heterocycles. The number of hydrogen-bond acceptors (Lipinski definition) is 4. The van der Waals surface area contributed by atoms with Gasteiger partial charge in [0.2, 0.25) is 5.91 Å². The molecule has 2 N–H and O–H groups in total. The van der Waals surface area contributed by atoms with E-state index in [-0.39, 0.29) is 29.7 Å². The predicted molar refractivity (Wildman–Crippen MR) is 75.2 cm³/mol. The van der Waals surface area contributed by atoms with E-state index in [1.807, 2.05) is 0 Å². The van der Waals surface area contributed by atoms with Crippen LogP contribution in [0.5, 0.6) is 0 Å². The number of hydrogen-bond donors (Lipinski definition) is 1. The van der Waals surface area contributed by atoms with Crippen molar-refractivity contribution in [3.63, 3.8) is 0 Å². The number of piperazine rings is 1. The number of carbonyl (C=O) groups is 2. The van der Waals surface area contributed by atoms with Gasteiger partial charge in [-0.05, 0) is 12.1 Å². The van der Waals surface area contributed by atoms with E-state index >= 15 is 0 Å². The normalized spacial score (nSPS) is 15.1. The lowest BCUT2D eigenvalue weighted by Crippen LogP contribution is -2.51. The first kappa shape index (κ1) is 15.2. The van der Waals surface area contributed by atoms with Crippen molar-refractivity contribution in [3.8, 4) is 0 Å². The van der Waals surface area contributed by atoms with Crippen molar-refractivity contribution in [2.75, 3.05) is 45.6 Å². The van der Waals surface area contributed by atoms with Crippen molar-refractivity contribution in [3.05, 3.63) is 29.6 Å². The minimum atomic E-state index is -0.602. The zero-order chi connectivity index (χ0) is 15.4. The van der Waals surface area contributed by atoms with Crippen LogP contribution in [0.15, 0.2) is 18.2 Å². The third-order valence-electron chi connectivity index (χ3n) is 3.47. The van der Waals surface area contributed by atoms with E-state index in [2.05, 4.69) is 0 Å². The molecule has 2 amide bonds. The summed E-state index contributed by atoms with van der Waals surface area (Å²) < 4.78 is 18.2. The second-order valence-electron chi connectivity index (χ2n) is 4.81. The number of nitrogen functional groups attached to an aromatic ring is 1. The minimum absolute atomic E-state index is 0.0325. The van der Waals surface area contributed by atoms with Crippen LogP contribution in [0, 0.1) is 5.82 Å². The summed E-state index contributed by atoms with van der Waals surface area (Å²) in [5.41, 5.74) is 5.62. The SMILES string of the molecule is COCC(=O)N1CCN(C(=O)c2cccc(F)c2N)CC1. The number of carbonyl (C=O) groups excluding carboxylic acids is 2. The van der Waals surface area contributed by atoms with Gasteiger partial charge in [-0.15, -0.1) is 0 Å². The van der Waals surface area contributed by atoms with Crippen LogP contribution in [-0.2, 0) is 9.53 Å².